The molecule has 3 heterocycles. The van der Waals surface area contributed by atoms with Gasteiger partial charge in [-0.25, -0.2) is 4.68 Å². The third kappa shape index (κ3) is 3.28. The Balaban J connectivity index is 1.39. The van der Waals surface area contributed by atoms with Gasteiger partial charge in [0.05, 0.1) is 0 Å². The zero-order valence-corrected chi connectivity index (χ0v) is 14.6. The van der Waals surface area contributed by atoms with Crippen molar-refractivity contribution in [1.29, 1.82) is 0 Å². The van der Waals surface area contributed by atoms with E-state index in [0.717, 1.165) is 30.0 Å². The van der Waals surface area contributed by atoms with Crippen LogP contribution in [0.25, 0.3) is 5.82 Å². The first-order valence-electron chi connectivity index (χ1n) is 8.65. The Hall–Kier alpha value is -3.22. The minimum Gasteiger partial charge on any atom is -0.352 e. The second-order valence-electron chi connectivity index (χ2n) is 6.35. The Morgan fingerprint density at radius 1 is 0.962 bits per heavy atom. The lowest BCUT2D eigenvalue weighted by atomic mass is 10.1. The first-order chi connectivity index (χ1) is 12.7. The van der Waals surface area contributed by atoms with Gasteiger partial charge >= 0.3 is 0 Å². The van der Waals surface area contributed by atoms with E-state index in [0.29, 0.717) is 18.9 Å². The van der Waals surface area contributed by atoms with Gasteiger partial charge in [0.25, 0.3) is 5.91 Å². The van der Waals surface area contributed by atoms with Crippen molar-refractivity contribution < 1.29 is 4.79 Å². The van der Waals surface area contributed by atoms with Gasteiger partial charge in [0.1, 0.15) is 0 Å². The summed E-state index contributed by atoms with van der Waals surface area (Å²) >= 11 is 0. The van der Waals surface area contributed by atoms with E-state index in [1.807, 2.05) is 60.5 Å². The van der Waals surface area contributed by atoms with Crippen LogP contribution in [0.3, 0.4) is 0 Å². The van der Waals surface area contributed by atoms with Crippen molar-refractivity contribution in [3.05, 3.63) is 66.0 Å². The molecule has 0 N–H and O–H groups in total. The quantitative estimate of drug-likeness (QED) is 0.724. The van der Waals surface area contributed by atoms with E-state index in [4.69, 9.17) is 0 Å². The molecule has 2 aromatic heterocycles. The summed E-state index contributed by atoms with van der Waals surface area (Å²) in [6, 6.07) is 13.4. The molecule has 4 rings (SSSR count). The molecule has 0 radical (unpaired) electrons. The summed E-state index contributed by atoms with van der Waals surface area (Å²) in [6.07, 6.45) is 3.54. The highest BCUT2D eigenvalue weighted by Gasteiger charge is 2.23. The van der Waals surface area contributed by atoms with E-state index in [2.05, 4.69) is 20.2 Å². The van der Waals surface area contributed by atoms with Gasteiger partial charge in [0.2, 0.25) is 0 Å². The average molecular weight is 348 g/mol. The fraction of sp³-hybridized carbons (Fsp3) is 0.263. The van der Waals surface area contributed by atoms with Crippen molar-refractivity contribution in [2.75, 3.05) is 31.1 Å². The number of benzene rings is 1. The maximum Gasteiger partial charge on any atom is 0.253 e. The smallest absolute Gasteiger partial charge is 0.253 e. The van der Waals surface area contributed by atoms with Crippen LogP contribution in [-0.4, -0.2) is 57.0 Å². The van der Waals surface area contributed by atoms with Crippen LogP contribution in [0.1, 0.15) is 15.9 Å². The van der Waals surface area contributed by atoms with Crippen LogP contribution in [-0.2, 0) is 0 Å². The number of hydrogen-bond donors (Lipinski definition) is 0. The number of rotatable bonds is 3. The normalized spacial score (nSPS) is 14.5. The third-order valence-electron chi connectivity index (χ3n) is 4.53. The summed E-state index contributed by atoms with van der Waals surface area (Å²) in [7, 11) is 0. The third-order valence-corrected chi connectivity index (χ3v) is 4.53. The highest BCUT2D eigenvalue weighted by molar-refractivity contribution is 5.94. The number of anilines is 1. The van der Waals surface area contributed by atoms with Crippen LogP contribution in [0.2, 0.25) is 0 Å². The molecule has 1 aromatic carbocycles. The Bertz CT molecular complexity index is 883. The maximum atomic E-state index is 12.6. The summed E-state index contributed by atoms with van der Waals surface area (Å²) < 4.78 is 1.68. The summed E-state index contributed by atoms with van der Waals surface area (Å²) in [4.78, 5) is 16.7. The van der Waals surface area contributed by atoms with Crippen LogP contribution >= 0.6 is 0 Å². The van der Waals surface area contributed by atoms with E-state index in [9.17, 15) is 4.79 Å². The van der Waals surface area contributed by atoms with Crippen LogP contribution < -0.4 is 4.90 Å². The number of carbonyl (C=O) groups excluding carboxylic acids is 1. The number of aryl methyl sites for hydroxylation is 1. The lowest BCUT2D eigenvalue weighted by Crippen LogP contribution is -2.49. The maximum absolute atomic E-state index is 12.6. The lowest BCUT2D eigenvalue weighted by Gasteiger charge is -2.35. The number of piperazine rings is 1. The zero-order chi connectivity index (χ0) is 17.9. The van der Waals surface area contributed by atoms with Gasteiger partial charge in [-0.15, -0.1) is 10.2 Å². The first-order valence-corrected chi connectivity index (χ1v) is 8.65. The fourth-order valence-corrected chi connectivity index (χ4v) is 3.11. The topological polar surface area (TPSA) is 67.2 Å². The molecule has 3 aromatic rings. The monoisotopic (exact) mass is 348 g/mol. The highest BCUT2D eigenvalue weighted by atomic mass is 16.2. The minimum atomic E-state index is 0.0912. The number of aromatic nitrogens is 4. The number of hydrogen-bond acceptors (Lipinski definition) is 5. The van der Waals surface area contributed by atoms with Gasteiger partial charge in [-0.1, -0.05) is 17.7 Å². The summed E-state index contributed by atoms with van der Waals surface area (Å²) in [6.45, 7) is 4.84. The van der Waals surface area contributed by atoms with E-state index >= 15 is 0 Å². The van der Waals surface area contributed by atoms with Crippen LogP contribution in [0.15, 0.2) is 54.9 Å². The Labute approximate surface area is 151 Å². The highest BCUT2D eigenvalue weighted by Crippen LogP contribution is 2.16. The Kier molecular flexibility index (Phi) is 4.35. The van der Waals surface area contributed by atoms with E-state index in [-0.39, 0.29) is 5.91 Å². The molecule has 7 heteroatoms. The second kappa shape index (κ2) is 6.95. The van der Waals surface area contributed by atoms with Crippen molar-refractivity contribution >= 4 is 11.7 Å². The molecule has 0 aliphatic carbocycles. The van der Waals surface area contributed by atoms with Crippen molar-refractivity contribution in [3.8, 4) is 5.82 Å². The molecular weight excluding hydrogens is 328 g/mol. The zero-order valence-electron chi connectivity index (χ0n) is 14.6. The summed E-state index contributed by atoms with van der Waals surface area (Å²) in [5.74, 6) is 1.60. The molecule has 0 unspecified atom stereocenters. The fourth-order valence-electron chi connectivity index (χ4n) is 3.11. The molecule has 0 atom stereocenters. The van der Waals surface area contributed by atoms with E-state index in [1.165, 1.54) is 0 Å². The molecular formula is C19H20N6O. The summed E-state index contributed by atoms with van der Waals surface area (Å²) in [5, 5.41) is 12.7. The Morgan fingerprint density at radius 2 is 1.73 bits per heavy atom. The van der Waals surface area contributed by atoms with Crippen molar-refractivity contribution in [3.63, 3.8) is 0 Å². The molecule has 132 valence electrons. The van der Waals surface area contributed by atoms with Crippen molar-refractivity contribution in [1.82, 2.24) is 24.9 Å². The molecule has 0 bridgehead atoms. The average Bonchev–Trinajstić information content (AvgIpc) is 3.23. The SMILES string of the molecule is Cc1cccc(C(=O)N2CCN(c3ccc(-n4cccn4)nn3)CC2)c1. The predicted molar refractivity (Wildman–Crippen MR) is 98.4 cm³/mol. The van der Waals surface area contributed by atoms with Gasteiger partial charge in [0.15, 0.2) is 11.6 Å². The van der Waals surface area contributed by atoms with Gasteiger partial charge < -0.3 is 9.80 Å². The molecule has 26 heavy (non-hydrogen) atoms. The minimum absolute atomic E-state index is 0.0912. The van der Waals surface area contributed by atoms with Gasteiger partial charge in [-0.3, -0.25) is 4.79 Å². The van der Waals surface area contributed by atoms with Crippen LogP contribution in [0.4, 0.5) is 5.82 Å². The predicted octanol–water partition coefficient (Wildman–Crippen LogP) is 1.93. The van der Waals surface area contributed by atoms with E-state index < -0.39 is 0 Å². The number of carbonyl (C=O) groups is 1. The molecule has 1 amide bonds. The molecule has 1 fully saturated rings. The molecule has 1 aliphatic heterocycles. The van der Waals surface area contributed by atoms with Crippen LogP contribution in [0, 0.1) is 6.92 Å². The van der Waals surface area contributed by atoms with Crippen LogP contribution in [0.5, 0.6) is 0 Å². The molecule has 1 aliphatic rings. The molecule has 7 nitrogen and oxygen atoms in total. The second-order valence-corrected chi connectivity index (χ2v) is 6.35. The standard InChI is InChI=1S/C19H20N6O/c1-15-4-2-5-16(14-15)19(26)24-12-10-23(11-13-24)17-6-7-18(22-21-17)25-9-3-8-20-25/h2-9,14H,10-13H2,1H3. The van der Waals surface area contributed by atoms with Crippen molar-refractivity contribution in [2.45, 2.75) is 6.92 Å². The summed E-state index contributed by atoms with van der Waals surface area (Å²) in [5.41, 5.74) is 1.85. The number of nitrogens with zero attached hydrogens (tertiary/aromatic N) is 6. The largest absolute Gasteiger partial charge is 0.352 e. The van der Waals surface area contributed by atoms with Gasteiger partial charge in [0, 0.05) is 44.1 Å². The molecule has 0 saturated carbocycles. The Morgan fingerprint density at radius 3 is 2.38 bits per heavy atom. The van der Waals surface area contributed by atoms with Gasteiger partial charge in [-0.05, 0) is 37.3 Å². The first kappa shape index (κ1) is 16.3. The van der Waals surface area contributed by atoms with Crippen molar-refractivity contribution in [2.24, 2.45) is 0 Å². The number of amides is 1. The van der Waals surface area contributed by atoms with Gasteiger partial charge in [-0.2, -0.15) is 5.10 Å². The molecule has 0 spiro atoms. The van der Waals surface area contributed by atoms with E-state index in [1.54, 1.807) is 10.9 Å². The lowest BCUT2D eigenvalue weighted by molar-refractivity contribution is 0.0746. The molecule has 1 saturated heterocycles.